The molecule has 3 saturated carbocycles. The molecule has 0 aromatic carbocycles. The molecule has 5 aliphatic rings. The minimum atomic E-state index is -0.296. The van der Waals surface area contributed by atoms with Crippen LogP contribution in [0, 0.1) is 23.7 Å². The van der Waals surface area contributed by atoms with Crippen molar-refractivity contribution in [3.63, 3.8) is 0 Å². The summed E-state index contributed by atoms with van der Waals surface area (Å²) in [6, 6.07) is 0. The lowest BCUT2D eigenvalue weighted by Gasteiger charge is -2.27. The van der Waals surface area contributed by atoms with Crippen molar-refractivity contribution in [3.8, 4) is 0 Å². The van der Waals surface area contributed by atoms with Crippen LogP contribution >= 0.6 is 0 Å². The van der Waals surface area contributed by atoms with Crippen LogP contribution < -0.4 is 0 Å². The van der Waals surface area contributed by atoms with Gasteiger partial charge in [0, 0.05) is 11.8 Å². The van der Waals surface area contributed by atoms with Crippen LogP contribution in [0.4, 0.5) is 0 Å². The summed E-state index contributed by atoms with van der Waals surface area (Å²) in [5.41, 5.74) is 0. The van der Waals surface area contributed by atoms with Gasteiger partial charge in [-0.15, -0.1) is 0 Å². The summed E-state index contributed by atoms with van der Waals surface area (Å²) in [7, 11) is 0. The fourth-order valence-electron chi connectivity index (χ4n) is 3.92. The highest BCUT2D eigenvalue weighted by Gasteiger charge is 2.68. The second-order valence-electron chi connectivity index (χ2n) is 5.12. The maximum absolute atomic E-state index is 11.6. The largest absolute Gasteiger partial charge is 0.393 e. The average Bonchev–Trinajstić information content (AvgIpc) is 2.96. The smallest absolute Gasteiger partial charge is 0.317 e. The summed E-state index contributed by atoms with van der Waals surface area (Å²) in [6.07, 6.45) is 3.65. The normalized spacial score (nSPS) is 55.7. The Bertz CT molecular complexity index is 332. The molecule has 6 atom stereocenters. The molecule has 0 aromatic heterocycles. The molecule has 6 unspecified atom stereocenters. The van der Waals surface area contributed by atoms with E-state index in [1.807, 2.05) is 0 Å². The molecule has 5 fully saturated rings. The molecule has 2 heterocycles. The van der Waals surface area contributed by atoms with Gasteiger partial charge in [0.2, 0.25) is 0 Å². The third-order valence-electron chi connectivity index (χ3n) is 4.54. The fourth-order valence-corrected chi connectivity index (χ4v) is 3.92. The topological polar surface area (TPSA) is 55.9 Å². The first kappa shape index (κ1) is 8.28. The van der Waals surface area contributed by atoms with E-state index in [0.29, 0.717) is 0 Å². The number of fused-ring (bicyclic) bond motifs is 2. The molecule has 2 aliphatic heterocycles. The van der Waals surface area contributed by atoms with Crippen LogP contribution in [-0.4, -0.2) is 24.1 Å². The number of hydrogen-bond donors (Lipinski definition) is 0. The lowest BCUT2D eigenvalue weighted by Crippen LogP contribution is -2.39. The van der Waals surface area contributed by atoms with Crippen LogP contribution in [0.25, 0.3) is 0 Å². The van der Waals surface area contributed by atoms with Crippen LogP contribution in [0.2, 0.25) is 0 Å². The highest BCUT2D eigenvalue weighted by atomic mass is 16.6. The number of hydrogen-bond acceptors (Lipinski definition) is 4. The van der Waals surface area contributed by atoms with Gasteiger partial charge in [-0.2, -0.15) is 0 Å². The molecule has 0 radical (unpaired) electrons. The zero-order chi connectivity index (χ0) is 10.2. The molecule has 80 valence electrons. The van der Waals surface area contributed by atoms with Crippen LogP contribution in [0.3, 0.4) is 0 Å². The minimum absolute atomic E-state index is 0.186. The zero-order valence-electron chi connectivity index (χ0n) is 8.22. The molecule has 2 saturated heterocycles. The second kappa shape index (κ2) is 2.43. The quantitative estimate of drug-likeness (QED) is 0.330. The highest BCUT2D eigenvalue weighted by Crippen LogP contribution is 2.58. The maximum atomic E-state index is 11.6. The number of carbonyl (C=O) groups excluding carboxylic acids is 2. The molecule has 4 nitrogen and oxygen atoms in total. The van der Waals surface area contributed by atoms with Gasteiger partial charge < -0.3 is 9.47 Å². The molecule has 5 rings (SSSR count). The van der Waals surface area contributed by atoms with E-state index in [9.17, 15) is 9.59 Å². The minimum Gasteiger partial charge on any atom is -0.393 e. The second-order valence-corrected chi connectivity index (χ2v) is 5.12. The third kappa shape index (κ3) is 0.869. The van der Waals surface area contributed by atoms with Gasteiger partial charge in [0.15, 0.2) is 0 Å². The van der Waals surface area contributed by atoms with E-state index in [-0.39, 0.29) is 47.8 Å². The highest BCUT2D eigenvalue weighted by molar-refractivity contribution is 5.97. The van der Waals surface area contributed by atoms with E-state index >= 15 is 0 Å². The van der Waals surface area contributed by atoms with Gasteiger partial charge in [-0.1, -0.05) is 6.42 Å². The van der Waals surface area contributed by atoms with Crippen LogP contribution in [0.1, 0.15) is 19.3 Å². The number of esters is 2. The van der Waals surface area contributed by atoms with Crippen molar-refractivity contribution in [2.75, 3.05) is 0 Å². The standard InChI is InChI=1S/C11H12O4/c12-10-6-4-2-1-3-5(9-8(4)14-9)7(6)11(13)15-10/h4-9H,1-3H2. The molecule has 0 aromatic rings. The summed E-state index contributed by atoms with van der Waals surface area (Å²) in [5.74, 6) is -0.468. The van der Waals surface area contributed by atoms with E-state index in [4.69, 9.17) is 9.47 Å². The number of carbonyl (C=O) groups is 2. The Morgan fingerprint density at radius 3 is 2.00 bits per heavy atom. The van der Waals surface area contributed by atoms with Crippen molar-refractivity contribution in [1.82, 2.24) is 0 Å². The molecule has 3 aliphatic carbocycles. The van der Waals surface area contributed by atoms with E-state index < -0.39 is 0 Å². The number of cyclic esters (lactones) is 2. The Morgan fingerprint density at radius 1 is 0.933 bits per heavy atom. The zero-order valence-corrected chi connectivity index (χ0v) is 8.22. The third-order valence-corrected chi connectivity index (χ3v) is 4.54. The Labute approximate surface area is 86.9 Å². The van der Waals surface area contributed by atoms with E-state index in [2.05, 4.69) is 0 Å². The molecular formula is C11H12O4. The van der Waals surface area contributed by atoms with E-state index in [1.54, 1.807) is 0 Å². The van der Waals surface area contributed by atoms with Crippen LogP contribution in [-0.2, 0) is 19.1 Å². The van der Waals surface area contributed by atoms with Crippen LogP contribution in [0.5, 0.6) is 0 Å². The first-order valence-electron chi connectivity index (χ1n) is 5.68. The van der Waals surface area contributed by atoms with Gasteiger partial charge in [0.05, 0.1) is 24.0 Å². The van der Waals surface area contributed by atoms with Crippen molar-refractivity contribution in [1.29, 1.82) is 0 Å². The predicted octanol–water partition coefficient (Wildman–Crippen LogP) is 0.499. The van der Waals surface area contributed by atoms with Gasteiger partial charge >= 0.3 is 11.9 Å². The summed E-state index contributed by atoms with van der Waals surface area (Å²) in [4.78, 5) is 23.3. The van der Waals surface area contributed by atoms with E-state index in [1.165, 1.54) is 0 Å². The SMILES string of the molecule is O=C1OC(=O)C2C3CCCC(C4OC34)C12. The molecule has 2 bridgehead atoms. The predicted molar refractivity (Wildman–Crippen MR) is 47.6 cm³/mol. The molecule has 0 spiro atoms. The van der Waals surface area contributed by atoms with Gasteiger partial charge in [-0.25, -0.2) is 0 Å². The summed E-state index contributed by atoms with van der Waals surface area (Å²) in [6.45, 7) is 0. The Morgan fingerprint density at radius 2 is 1.47 bits per heavy atom. The van der Waals surface area contributed by atoms with Gasteiger partial charge in [-0.05, 0) is 12.8 Å². The Kier molecular flexibility index (Phi) is 1.34. The first-order valence-corrected chi connectivity index (χ1v) is 5.68. The number of rotatable bonds is 0. The van der Waals surface area contributed by atoms with Crippen molar-refractivity contribution >= 4 is 11.9 Å². The molecular weight excluding hydrogens is 196 g/mol. The van der Waals surface area contributed by atoms with Crippen LogP contribution in [0.15, 0.2) is 0 Å². The van der Waals surface area contributed by atoms with E-state index in [0.717, 1.165) is 19.3 Å². The first-order chi connectivity index (χ1) is 7.27. The summed E-state index contributed by atoms with van der Waals surface area (Å²) < 4.78 is 10.4. The fraction of sp³-hybridized carbons (Fsp3) is 0.818. The summed E-state index contributed by atoms with van der Waals surface area (Å²) in [5, 5.41) is 0. The monoisotopic (exact) mass is 208 g/mol. The maximum Gasteiger partial charge on any atom is 0.317 e. The Balaban J connectivity index is 1.83. The van der Waals surface area contributed by atoms with Crippen molar-refractivity contribution in [2.45, 2.75) is 31.5 Å². The molecule has 4 heteroatoms. The number of epoxide rings is 1. The van der Waals surface area contributed by atoms with Crippen molar-refractivity contribution in [2.24, 2.45) is 23.7 Å². The lowest BCUT2D eigenvalue weighted by atomic mass is 9.69. The van der Waals surface area contributed by atoms with Gasteiger partial charge in [-0.3, -0.25) is 9.59 Å². The lowest BCUT2D eigenvalue weighted by molar-refractivity contribution is -0.154. The molecule has 15 heavy (non-hydrogen) atoms. The van der Waals surface area contributed by atoms with Crippen molar-refractivity contribution in [3.05, 3.63) is 0 Å². The average molecular weight is 208 g/mol. The number of ether oxygens (including phenoxy) is 2. The van der Waals surface area contributed by atoms with Gasteiger partial charge in [0.1, 0.15) is 0 Å². The molecule has 0 N–H and O–H groups in total. The Hall–Kier alpha value is -0.900. The summed E-state index contributed by atoms with van der Waals surface area (Å²) >= 11 is 0. The van der Waals surface area contributed by atoms with Gasteiger partial charge in [0.25, 0.3) is 0 Å². The van der Waals surface area contributed by atoms with Crippen molar-refractivity contribution < 1.29 is 19.1 Å². The molecule has 0 amide bonds.